The van der Waals surface area contributed by atoms with E-state index in [0.29, 0.717) is 49.7 Å². The molecule has 0 aromatic heterocycles. The van der Waals surface area contributed by atoms with Gasteiger partial charge in [0.25, 0.3) is 0 Å². The molecule has 3 rings (SSSR count). The van der Waals surface area contributed by atoms with Crippen LogP contribution in [0.5, 0.6) is 5.75 Å². The third kappa shape index (κ3) is 5.88. The Balaban J connectivity index is 1.53. The highest BCUT2D eigenvalue weighted by atomic mass is 32.2. The highest BCUT2D eigenvalue weighted by Gasteiger charge is 2.23. The van der Waals surface area contributed by atoms with E-state index in [-0.39, 0.29) is 24.7 Å². The fourth-order valence-electron chi connectivity index (χ4n) is 3.69. The zero-order chi connectivity index (χ0) is 22.4. The molecular weight excluding hydrogens is 421 g/mol. The summed E-state index contributed by atoms with van der Waals surface area (Å²) in [6, 6.07) is 13.5. The molecular formula is C22H28FN3O4S. The summed E-state index contributed by atoms with van der Waals surface area (Å²) in [6.45, 7) is 2.35. The quantitative estimate of drug-likeness (QED) is 0.620. The van der Waals surface area contributed by atoms with Gasteiger partial charge in [-0.05, 0) is 30.7 Å². The first kappa shape index (κ1) is 22.9. The fraction of sp³-hybridized carbons (Fsp3) is 0.409. The number of piperazine rings is 1. The molecule has 0 spiro atoms. The molecule has 1 amide bonds. The van der Waals surface area contributed by atoms with Crippen LogP contribution in [0, 0.1) is 5.82 Å². The topological polar surface area (TPSA) is 70.2 Å². The predicted octanol–water partition coefficient (Wildman–Crippen LogP) is 2.73. The molecule has 0 radical (unpaired) electrons. The first-order valence-corrected chi connectivity index (χ1v) is 12.0. The van der Waals surface area contributed by atoms with E-state index in [4.69, 9.17) is 4.74 Å². The van der Waals surface area contributed by atoms with Gasteiger partial charge in [-0.25, -0.2) is 12.8 Å². The summed E-state index contributed by atoms with van der Waals surface area (Å²) in [7, 11) is -1.97. The normalized spacial score (nSPS) is 14.4. The van der Waals surface area contributed by atoms with Crippen LogP contribution < -0.4 is 13.9 Å². The smallest absolute Gasteiger partial charge is 0.232 e. The second kappa shape index (κ2) is 10.00. The van der Waals surface area contributed by atoms with Crippen LogP contribution in [0.25, 0.3) is 0 Å². The number of anilines is 2. The number of hydrogen-bond acceptors (Lipinski definition) is 5. The Hall–Kier alpha value is -2.81. The minimum Gasteiger partial charge on any atom is -0.497 e. The van der Waals surface area contributed by atoms with Gasteiger partial charge in [-0.1, -0.05) is 18.2 Å². The molecule has 2 aromatic carbocycles. The van der Waals surface area contributed by atoms with Gasteiger partial charge in [0.2, 0.25) is 15.9 Å². The van der Waals surface area contributed by atoms with Gasteiger partial charge in [0.05, 0.1) is 24.7 Å². The maximum atomic E-state index is 14.0. The van der Waals surface area contributed by atoms with Crippen LogP contribution in [-0.4, -0.2) is 65.3 Å². The zero-order valence-corrected chi connectivity index (χ0v) is 18.6. The molecule has 2 aromatic rings. The summed E-state index contributed by atoms with van der Waals surface area (Å²) in [6.07, 6.45) is 1.79. The van der Waals surface area contributed by atoms with Gasteiger partial charge in [0.1, 0.15) is 11.6 Å². The molecule has 0 atom stereocenters. The number of carbonyl (C=O) groups is 1. The van der Waals surface area contributed by atoms with Crippen LogP contribution in [0.2, 0.25) is 0 Å². The van der Waals surface area contributed by atoms with Crippen molar-refractivity contribution in [3.05, 3.63) is 54.3 Å². The number of rotatable bonds is 8. The third-order valence-electron chi connectivity index (χ3n) is 5.32. The van der Waals surface area contributed by atoms with Crippen molar-refractivity contribution in [1.29, 1.82) is 0 Å². The number of sulfonamides is 1. The summed E-state index contributed by atoms with van der Waals surface area (Å²) < 4.78 is 45.0. The van der Waals surface area contributed by atoms with Crippen LogP contribution >= 0.6 is 0 Å². The average Bonchev–Trinajstić information content (AvgIpc) is 2.76. The molecule has 9 heteroatoms. The van der Waals surface area contributed by atoms with E-state index in [2.05, 4.69) is 0 Å². The number of para-hydroxylation sites is 1. The number of halogens is 1. The van der Waals surface area contributed by atoms with Crippen molar-refractivity contribution in [3.8, 4) is 5.75 Å². The lowest BCUT2D eigenvalue weighted by Gasteiger charge is -2.36. The predicted molar refractivity (Wildman–Crippen MR) is 120 cm³/mol. The van der Waals surface area contributed by atoms with Crippen molar-refractivity contribution < 1.29 is 22.3 Å². The summed E-state index contributed by atoms with van der Waals surface area (Å²) in [4.78, 5) is 16.3. The molecule has 1 heterocycles. The lowest BCUT2D eigenvalue weighted by Crippen LogP contribution is -2.49. The van der Waals surface area contributed by atoms with E-state index in [1.165, 1.54) is 17.5 Å². The number of methoxy groups -OCH3 is 1. The van der Waals surface area contributed by atoms with Crippen molar-refractivity contribution in [2.75, 3.05) is 55.3 Å². The van der Waals surface area contributed by atoms with Crippen LogP contribution in [0.15, 0.2) is 48.5 Å². The zero-order valence-electron chi connectivity index (χ0n) is 17.8. The summed E-state index contributed by atoms with van der Waals surface area (Å²) in [5.74, 6) is 0.280. The SMILES string of the molecule is COc1cccc(N(CCCC(=O)N2CCN(c3ccccc3F)CC2)S(C)(=O)=O)c1. The van der Waals surface area contributed by atoms with Crippen molar-refractivity contribution in [1.82, 2.24) is 4.90 Å². The van der Waals surface area contributed by atoms with Crippen LogP contribution in [0.4, 0.5) is 15.8 Å². The summed E-state index contributed by atoms with van der Waals surface area (Å²) >= 11 is 0. The number of ether oxygens (including phenoxy) is 1. The molecule has 1 fully saturated rings. The largest absolute Gasteiger partial charge is 0.497 e. The highest BCUT2D eigenvalue weighted by Crippen LogP contribution is 2.24. The molecule has 1 saturated heterocycles. The monoisotopic (exact) mass is 449 g/mol. The number of benzene rings is 2. The van der Waals surface area contributed by atoms with E-state index in [9.17, 15) is 17.6 Å². The Kier molecular flexibility index (Phi) is 7.37. The van der Waals surface area contributed by atoms with E-state index in [1.54, 1.807) is 47.4 Å². The molecule has 0 saturated carbocycles. The Morgan fingerprint density at radius 1 is 1.10 bits per heavy atom. The van der Waals surface area contributed by atoms with E-state index < -0.39 is 10.0 Å². The number of carbonyl (C=O) groups excluding carboxylic acids is 1. The summed E-state index contributed by atoms with van der Waals surface area (Å²) in [5.41, 5.74) is 1.06. The van der Waals surface area contributed by atoms with E-state index in [0.717, 1.165) is 6.26 Å². The fourth-order valence-corrected chi connectivity index (χ4v) is 4.65. The van der Waals surface area contributed by atoms with Gasteiger partial charge in [0, 0.05) is 45.2 Å². The van der Waals surface area contributed by atoms with E-state index >= 15 is 0 Å². The lowest BCUT2D eigenvalue weighted by molar-refractivity contribution is -0.131. The number of amides is 1. The van der Waals surface area contributed by atoms with Crippen LogP contribution in [-0.2, 0) is 14.8 Å². The molecule has 1 aliphatic heterocycles. The second-order valence-corrected chi connectivity index (χ2v) is 9.37. The Labute approximate surface area is 183 Å². The second-order valence-electron chi connectivity index (χ2n) is 7.46. The van der Waals surface area contributed by atoms with Gasteiger partial charge in [-0.15, -0.1) is 0 Å². The molecule has 0 N–H and O–H groups in total. The minimum atomic E-state index is -3.50. The van der Waals surface area contributed by atoms with E-state index in [1.807, 2.05) is 4.90 Å². The van der Waals surface area contributed by atoms with Gasteiger partial charge in [-0.2, -0.15) is 0 Å². The molecule has 0 aliphatic carbocycles. The Bertz CT molecular complexity index is 1010. The van der Waals surface area contributed by atoms with Crippen molar-refractivity contribution in [2.45, 2.75) is 12.8 Å². The van der Waals surface area contributed by atoms with Gasteiger partial charge >= 0.3 is 0 Å². The third-order valence-corrected chi connectivity index (χ3v) is 6.51. The number of nitrogens with zero attached hydrogens (tertiary/aromatic N) is 3. The molecule has 1 aliphatic rings. The first-order valence-electron chi connectivity index (χ1n) is 10.2. The van der Waals surface area contributed by atoms with Crippen molar-refractivity contribution in [3.63, 3.8) is 0 Å². The van der Waals surface area contributed by atoms with Gasteiger partial charge < -0.3 is 14.5 Å². The Morgan fingerprint density at radius 2 is 1.81 bits per heavy atom. The van der Waals surface area contributed by atoms with Crippen molar-refractivity contribution in [2.24, 2.45) is 0 Å². The van der Waals surface area contributed by atoms with Crippen molar-refractivity contribution >= 4 is 27.3 Å². The number of hydrogen-bond donors (Lipinski definition) is 0. The molecule has 168 valence electrons. The molecule has 31 heavy (non-hydrogen) atoms. The molecule has 7 nitrogen and oxygen atoms in total. The summed E-state index contributed by atoms with van der Waals surface area (Å²) in [5, 5.41) is 0. The lowest BCUT2D eigenvalue weighted by atomic mass is 10.2. The average molecular weight is 450 g/mol. The maximum Gasteiger partial charge on any atom is 0.232 e. The minimum absolute atomic E-state index is 0.0210. The van der Waals surface area contributed by atoms with Gasteiger partial charge in [0.15, 0.2) is 0 Å². The first-order chi connectivity index (χ1) is 14.8. The Morgan fingerprint density at radius 3 is 2.45 bits per heavy atom. The molecule has 0 bridgehead atoms. The maximum absolute atomic E-state index is 14.0. The van der Waals surface area contributed by atoms with Crippen LogP contribution in [0.3, 0.4) is 0 Å². The standard InChI is InChI=1S/C22H28FN3O4S/c1-30-19-8-5-7-18(17-19)26(31(2,28)29)12-6-11-22(27)25-15-13-24(14-16-25)21-10-4-3-9-20(21)23/h3-5,7-10,17H,6,11-16H2,1-2H3. The molecule has 0 unspecified atom stereocenters. The van der Waals surface area contributed by atoms with Crippen LogP contribution in [0.1, 0.15) is 12.8 Å². The van der Waals surface area contributed by atoms with Gasteiger partial charge in [-0.3, -0.25) is 9.10 Å². The highest BCUT2D eigenvalue weighted by molar-refractivity contribution is 7.92.